The number of fused-ring (bicyclic) bond motifs is 1. The number of nitrogens with one attached hydrogen (secondary N) is 1. The van der Waals surface area contributed by atoms with Gasteiger partial charge in [0.15, 0.2) is 5.58 Å². The Balaban J connectivity index is 1.39. The molecule has 2 aliphatic rings. The van der Waals surface area contributed by atoms with E-state index in [4.69, 9.17) is 4.42 Å². The van der Waals surface area contributed by atoms with Crippen molar-refractivity contribution in [2.45, 2.75) is 68.5 Å². The van der Waals surface area contributed by atoms with Gasteiger partial charge in [-0.2, -0.15) is 4.31 Å². The maximum Gasteiger partial charge on any atom is 0.257 e. The van der Waals surface area contributed by atoms with E-state index in [1.807, 2.05) is 0 Å². The number of amides is 1. The van der Waals surface area contributed by atoms with Crippen molar-refractivity contribution in [3.8, 4) is 0 Å². The van der Waals surface area contributed by atoms with Gasteiger partial charge >= 0.3 is 0 Å². The van der Waals surface area contributed by atoms with Gasteiger partial charge in [0.05, 0.1) is 10.6 Å². The van der Waals surface area contributed by atoms with Crippen LogP contribution in [0.25, 0.3) is 11.1 Å². The van der Waals surface area contributed by atoms with Crippen LogP contribution >= 0.6 is 11.8 Å². The molecular weight excluding hydrogens is 434 g/mol. The second-order valence-electron chi connectivity index (χ2n) is 8.80. The Morgan fingerprint density at radius 3 is 2.74 bits per heavy atom. The van der Waals surface area contributed by atoms with Gasteiger partial charge in [0, 0.05) is 19.1 Å². The summed E-state index contributed by atoms with van der Waals surface area (Å²) in [6.07, 6.45) is 6.26. The normalized spacial score (nSPS) is 25.5. The molecule has 1 aromatic heterocycles. The first-order valence-corrected chi connectivity index (χ1v) is 13.6. The van der Waals surface area contributed by atoms with E-state index in [1.165, 1.54) is 18.2 Å². The van der Waals surface area contributed by atoms with Crippen molar-refractivity contribution >= 4 is 38.8 Å². The number of sulfonamides is 1. The molecule has 1 aromatic carbocycles. The average Bonchev–Trinajstić information content (AvgIpc) is 3.18. The number of carbonyl (C=O) groups excluding carboxylic acids is 1. The fourth-order valence-electron chi connectivity index (χ4n) is 4.52. The van der Waals surface area contributed by atoms with Crippen molar-refractivity contribution in [1.29, 1.82) is 0 Å². The van der Waals surface area contributed by atoms with Crippen molar-refractivity contribution in [3.05, 3.63) is 18.2 Å². The first-order valence-electron chi connectivity index (χ1n) is 11.2. The molecule has 170 valence electrons. The van der Waals surface area contributed by atoms with Crippen LogP contribution in [0.1, 0.15) is 52.4 Å². The number of piperidine rings is 1. The van der Waals surface area contributed by atoms with E-state index in [9.17, 15) is 13.2 Å². The Hall–Kier alpha value is -1.58. The van der Waals surface area contributed by atoms with Gasteiger partial charge in [-0.05, 0) is 49.3 Å². The Kier molecular flexibility index (Phi) is 6.93. The second-order valence-corrected chi connectivity index (χ2v) is 11.7. The summed E-state index contributed by atoms with van der Waals surface area (Å²) >= 11 is 1.24. The maximum atomic E-state index is 12.9. The molecule has 2 fully saturated rings. The van der Waals surface area contributed by atoms with Gasteiger partial charge in [-0.3, -0.25) is 4.79 Å². The predicted octanol–water partition coefficient (Wildman–Crippen LogP) is 4.04. The quantitative estimate of drug-likeness (QED) is 0.648. The Labute approximate surface area is 188 Å². The van der Waals surface area contributed by atoms with Crippen LogP contribution in [0.15, 0.2) is 32.7 Å². The molecule has 1 aliphatic heterocycles. The number of benzene rings is 1. The van der Waals surface area contributed by atoms with Gasteiger partial charge in [-0.15, -0.1) is 0 Å². The topological polar surface area (TPSA) is 92.5 Å². The zero-order valence-corrected chi connectivity index (χ0v) is 19.8. The van der Waals surface area contributed by atoms with Gasteiger partial charge in [-0.1, -0.05) is 44.9 Å². The summed E-state index contributed by atoms with van der Waals surface area (Å²) in [5.41, 5.74) is 1.02. The molecule has 1 amide bonds. The minimum atomic E-state index is -3.52. The number of hydrogen-bond acceptors (Lipinski definition) is 6. The van der Waals surface area contributed by atoms with Crippen molar-refractivity contribution in [2.75, 3.05) is 18.8 Å². The van der Waals surface area contributed by atoms with Crippen LogP contribution in [0.2, 0.25) is 0 Å². The van der Waals surface area contributed by atoms with E-state index in [0.29, 0.717) is 41.2 Å². The zero-order valence-electron chi connectivity index (χ0n) is 18.2. The monoisotopic (exact) mass is 465 g/mol. The molecular formula is C22H31N3O4S2. The Morgan fingerprint density at radius 1 is 1.19 bits per heavy atom. The summed E-state index contributed by atoms with van der Waals surface area (Å²) in [6, 6.07) is 5.01. The number of nitrogens with zero attached hydrogens (tertiary/aromatic N) is 2. The van der Waals surface area contributed by atoms with Crippen LogP contribution in [0, 0.1) is 11.8 Å². The molecule has 9 heteroatoms. The maximum absolute atomic E-state index is 12.9. The van der Waals surface area contributed by atoms with E-state index in [0.717, 1.165) is 32.1 Å². The molecule has 2 heterocycles. The van der Waals surface area contributed by atoms with Crippen LogP contribution in [-0.4, -0.2) is 48.5 Å². The summed E-state index contributed by atoms with van der Waals surface area (Å²) in [5, 5.41) is 3.53. The Bertz CT molecular complexity index is 1030. The van der Waals surface area contributed by atoms with Gasteiger partial charge in [-0.25, -0.2) is 13.4 Å². The molecule has 0 spiro atoms. The highest BCUT2D eigenvalue weighted by molar-refractivity contribution is 7.99. The van der Waals surface area contributed by atoms with Crippen LogP contribution in [0.4, 0.5) is 0 Å². The van der Waals surface area contributed by atoms with Crippen LogP contribution in [-0.2, 0) is 14.8 Å². The SMILES string of the molecule is CC1CCCC(NC(=O)CSc2nc3cc(S(=O)(=O)N4CCCCC4)ccc3o2)C1C. The number of aromatic nitrogens is 1. The molecule has 4 rings (SSSR count). The van der Waals surface area contributed by atoms with Crippen molar-refractivity contribution in [1.82, 2.24) is 14.6 Å². The number of thioether (sulfide) groups is 1. The highest BCUT2D eigenvalue weighted by Gasteiger charge is 2.29. The fraction of sp³-hybridized carbons (Fsp3) is 0.636. The highest BCUT2D eigenvalue weighted by atomic mass is 32.2. The number of hydrogen-bond donors (Lipinski definition) is 1. The summed E-state index contributed by atoms with van der Waals surface area (Å²) in [7, 11) is -3.52. The van der Waals surface area contributed by atoms with Gasteiger partial charge in [0.2, 0.25) is 15.9 Å². The van der Waals surface area contributed by atoms with Gasteiger partial charge in [0.1, 0.15) is 5.52 Å². The van der Waals surface area contributed by atoms with E-state index >= 15 is 0 Å². The van der Waals surface area contributed by atoms with Gasteiger partial charge < -0.3 is 9.73 Å². The molecule has 1 saturated carbocycles. The van der Waals surface area contributed by atoms with Crippen molar-refractivity contribution < 1.29 is 17.6 Å². The van der Waals surface area contributed by atoms with E-state index < -0.39 is 10.0 Å². The molecule has 1 N–H and O–H groups in total. The Morgan fingerprint density at radius 2 is 1.97 bits per heavy atom. The van der Waals surface area contributed by atoms with Crippen molar-refractivity contribution in [3.63, 3.8) is 0 Å². The van der Waals surface area contributed by atoms with Crippen LogP contribution < -0.4 is 5.32 Å². The molecule has 0 bridgehead atoms. The lowest BCUT2D eigenvalue weighted by Crippen LogP contribution is -2.44. The zero-order chi connectivity index (χ0) is 22.0. The minimum Gasteiger partial charge on any atom is -0.431 e. The molecule has 2 aromatic rings. The third kappa shape index (κ3) is 5.09. The number of oxazole rings is 1. The molecule has 3 atom stereocenters. The number of carbonyl (C=O) groups is 1. The largest absolute Gasteiger partial charge is 0.431 e. The van der Waals surface area contributed by atoms with Crippen LogP contribution in [0.3, 0.4) is 0 Å². The molecule has 1 aliphatic carbocycles. The predicted molar refractivity (Wildman–Crippen MR) is 121 cm³/mol. The molecule has 0 radical (unpaired) electrons. The van der Waals surface area contributed by atoms with Gasteiger partial charge in [0.25, 0.3) is 5.22 Å². The highest BCUT2D eigenvalue weighted by Crippen LogP contribution is 2.30. The third-order valence-corrected chi connectivity index (χ3v) is 9.39. The van der Waals surface area contributed by atoms with E-state index in [2.05, 4.69) is 24.1 Å². The van der Waals surface area contributed by atoms with Crippen LogP contribution in [0.5, 0.6) is 0 Å². The lowest BCUT2D eigenvalue weighted by Gasteiger charge is -2.34. The number of rotatable bonds is 6. The minimum absolute atomic E-state index is 0.0217. The lowest BCUT2D eigenvalue weighted by molar-refractivity contribution is -0.120. The standard InChI is InChI=1S/C22H31N3O4S2/c1-15-7-6-8-18(16(15)2)23-21(26)14-30-22-24-19-13-17(9-10-20(19)29-22)31(27,28)25-11-4-3-5-12-25/h9-10,13,15-16,18H,3-8,11-12,14H2,1-2H3,(H,23,26). The average molecular weight is 466 g/mol. The summed E-state index contributed by atoms with van der Waals surface area (Å²) < 4.78 is 33.1. The third-order valence-electron chi connectivity index (χ3n) is 6.67. The molecule has 3 unspecified atom stereocenters. The summed E-state index contributed by atoms with van der Waals surface area (Å²) in [5.74, 6) is 1.31. The van der Waals surface area contributed by atoms with Crippen molar-refractivity contribution in [2.24, 2.45) is 11.8 Å². The molecule has 7 nitrogen and oxygen atoms in total. The van der Waals surface area contributed by atoms with E-state index in [1.54, 1.807) is 22.5 Å². The first kappa shape index (κ1) is 22.6. The first-order chi connectivity index (χ1) is 14.8. The lowest BCUT2D eigenvalue weighted by atomic mass is 9.78. The fourth-order valence-corrected chi connectivity index (χ4v) is 6.71. The van der Waals surface area contributed by atoms with E-state index in [-0.39, 0.29) is 22.6 Å². The molecule has 31 heavy (non-hydrogen) atoms. The summed E-state index contributed by atoms with van der Waals surface area (Å²) in [6.45, 7) is 5.58. The molecule has 1 saturated heterocycles. The summed E-state index contributed by atoms with van der Waals surface area (Å²) in [4.78, 5) is 17.1. The smallest absolute Gasteiger partial charge is 0.257 e. The second kappa shape index (κ2) is 9.50.